The van der Waals surface area contributed by atoms with E-state index in [0.29, 0.717) is 29.9 Å². The summed E-state index contributed by atoms with van der Waals surface area (Å²) in [6, 6.07) is 11.6. The molecular formula is C22H25N3O5. The number of nitrogens with one attached hydrogen (secondary N) is 1. The molecule has 0 unspecified atom stereocenters. The van der Waals surface area contributed by atoms with Crippen LogP contribution < -0.4 is 10.1 Å². The van der Waals surface area contributed by atoms with Crippen molar-refractivity contribution in [2.24, 2.45) is 0 Å². The Labute approximate surface area is 174 Å². The first-order valence-electron chi connectivity index (χ1n) is 10.2. The van der Waals surface area contributed by atoms with Crippen LogP contribution in [0, 0.1) is 0 Å². The first-order valence-corrected chi connectivity index (χ1v) is 10.2. The number of rotatable bonds is 8. The highest BCUT2D eigenvalue weighted by Gasteiger charge is 2.20. The molecule has 8 nitrogen and oxygen atoms in total. The Bertz CT molecular complexity index is 1020. The number of carbonyl (C=O) groups excluding carboxylic acids is 1. The number of aliphatic hydroxyl groups excluding tert-OH is 1. The van der Waals surface area contributed by atoms with Crippen LogP contribution in [0.4, 0.5) is 0 Å². The number of hydrogen-bond acceptors (Lipinski definition) is 8. The molecule has 1 aliphatic carbocycles. The van der Waals surface area contributed by atoms with Crippen molar-refractivity contribution in [2.45, 2.75) is 38.3 Å². The Morgan fingerprint density at radius 2 is 2.10 bits per heavy atom. The number of nitrogens with zero attached hydrogens (tertiary/aromatic N) is 2. The molecule has 0 saturated heterocycles. The van der Waals surface area contributed by atoms with Crippen LogP contribution in [0.25, 0.3) is 11.0 Å². The normalized spacial score (nSPS) is 16.8. The molecule has 158 valence electrons. The zero-order chi connectivity index (χ0) is 20.9. The molecule has 30 heavy (non-hydrogen) atoms. The molecule has 2 atom stereocenters. The van der Waals surface area contributed by atoms with Crippen LogP contribution in [-0.2, 0) is 22.4 Å². The van der Waals surface area contributed by atoms with Gasteiger partial charge in [0.05, 0.1) is 12.7 Å². The molecule has 2 aromatic carbocycles. The van der Waals surface area contributed by atoms with Gasteiger partial charge in [-0.1, -0.05) is 12.1 Å². The van der Waals surface area contributed by atoms with E-state index in [4.69, 9.17) is 14.1 Å². The van der Waals surface area contributed by atoms with Gasteiger partial charge in [0.1, 0.15) is 16.8 Å². The minimum atomic E-state index is -0.647. The molecule has 2 N–H and O–H groups in total. The summed E-state index contributed by atoms with van der Waals surface area (Å²) in [4.78, 5) is 11.5. The van der Waals surface area contributed by atoms with Gasteiger partial charge < -0.3 is 19.9 Å². The van der Waals surface area contributed by atoms with Gasteiger partial charge in [0, 0.05) is 12.6 Å². The van der Waals surface area contributed by atoms with Crippen LogP contribution in [0.1, 0.15) is 36.1 Å². The largest absolute Gasteiger partial charge is 0.482 e. The molecule has 3 aromatic rings. The highest BCUT2D eigenvalue weighted by molar-refractivity contribution is 5.73. The summed E-state index contributed by atoms with van der Waals surface area (Å²) in [6.07, 6.45) is 2.14. The monoisotopic (exact) mass is 411 g/mol. The van der Waals surface area contributed by atoms with Gasteiger partial charge in [-0.2, -0.15) is 0 Å². The lowest BCUT2D eigenvalue weighted by molar-refractivity contribution is -0.145. The molecule has 1 aromatic heterocycles. The lowest BCUT2D eigenvalue weighted by Crippen LogP contribution is -2.37. The fourth-order valence-corrected chi connectivity index (χ4v) is 3.74. The predicted octanol–water partition coefficient (Wildman–Crippen LogP) is 2.35. The maximum atomic E-state index is 11.5. The second kappa shape index (κ2) is 9.23. The Balaban J connectivity index is 1.32. The molecule has 0 spiro atoms. The van der Waals surface area contributed by atoms with Crippen LogP contribution in [0.15, 0.2) is 41.0 Å². The third kappa shape index (κ3) is 4.77. The minimum absolute atomic E-state index is 0.0914. The maximum Gasteiger partial charge on any atom is 0.344 e. The van der Waals surface area contributed by atoms with E-state index in [1.165, 1.54) is 11.1 Å². The second-order valence-corrected chi connectivity index (χ2v) is 7.40. The molecular weight excluding hydrogens is 386 g/mol. The van der Waals surface area contributed by atoms with Gasteiger partial charge >= 0.3 is 5.97 Å². The number of hydrogen-bond donors (Lipinski definition) is 2. The van der Waals surface area contributed by atoms with Crippen molar-refractivity contribution in [1.82, 2.24) is 15.6 Å². The quantitative estimate of drug-likeness (QED) is 0.544. The summed E-state index contributed by atoms with van der Waals surface area (Å²) in [5, 5.41) is 21.6. The topological polar surface area (TPSA) is 107 Å². The van der Waals surface area contributed by atoms with Gasteiger partial charge in [0.25, 0.3) is 0 Å². The van der Waals surface area contributed by atoms with Gasteiger partial charge in [-0.15, -0.1) is 0 Å². The summed E-state index contributed by atoms with van der Waals surface area (Å²) in [7, 11) is 0. The molecule has 1 heterocycles. The summed E-state index contributed by atoms with van der Waals surface area (Å²) in [5.41, 5.74) is 4.57. The first-order chi connectivity index (χ1) is 14.6. The van der Waals surface area contributed by atoms with E-state index in [1.807, 2.05) is 18.2 Å². The first kappa shape index (κ1) is 20.3. The fraction of sp³-hybridized carbons (Fsp3) is 0.409. The maximum absolute atomic E-state index is 11.5. The molecule has 0 bridgehead atoms. The average Bonchev–Trinajstić information content (AvgIpc) is 3.24. The summed E-state index contributed by atoms with van der Waals surface area (Å²) >= 11 is 0. The van der Waals surface area contributed by atoms with E-state index in [2.05, 4.69) is 21.7 Å². The highest BCUT2D eigenvalue weighted by atomic mass is 16.6. The number of benzene rings is 2. The molecule has 0 amide bonds. The molecule has 8 heteroatoms. The molecule has 0 aliphatic heterocycles. The van der Waals surface area contributed by atoms with Gasteiger partial charge in [-0.05, 0) is 77.5 Å². The SMILES string of the molecule is CCOC(=O)COc1ccc2c(c1)C[C@@H](NC[C@@H](O)c1ccc3nonc3c1)CC2. The second-order valence-electron chi connectivity index (χ2n) is 7.40. The van der Waals surface area contributed by atoms with E-state index in [-0.39, 0.29) is 18.6 Å². The van der Waals surface area contributed by atoms with Gasteiger partial charge in [-0.3, -0.25) is 0 Å². The lowest BCUT2D eigenvalue weighted by atomic mass is 9.88. The van der Waals surface area contributed by atoms with Gasteiger partial charge in [0.15, 0.2) is 6.61 Å². The van der Waals surface area contributed by atoms with Crippen molar-refractivity contribution in [3.63, 3.8) is 0 Å². The summed E-state index contributed by atoms with van der Waals surface area (Å²) in [6.45, 7) is 2.46. The lowest BCUT2D eigenvalue weighted by Gasteiger charge is -2.27. The van der Waals surface area contributed by atoms with E-state index < -0.39 is 6.10 Å². The van der Waals surface area contributed by atoms with Crippen LogP contribution >= 0.6 is 0 Å². The zero-order valence-corrected chi connectivity index (χ0v) is 16.8. The number of aliphatic hydroxyl groups is 1. The molecule has 0 saturated carbocycles. The van der Waals surface area contributed by atoms with E-state index in [0.717, 1.165) is 24.8 Å². The van der Waals surface area contributed by atoms with Crippen molar-refractivity contribution in [1.29, 1.82) is 0 Å². The van der Waals surface area contributed by atoms with Crippen molar-refractivity contribution in [3.8, 4) is 5.75 Å². The highest BCUT2D eigenvalue weighted by Crippen LogP contribution is 2.26. The predicted molar refractivity (Wildman–Crippen MR) is 109 cm³/mol. The molecule has 1 aliphatic rings. The number of carbonyl (C=O) groups is 1. The van der Waals surface area contributed by atoms with Crippen LogP contribution in [0.2, 0.25) is 0 Å². The third-order valence-corrected chi connectivity index (χ3v) is 5.33. The van der Waals surface area contributed by atoms with E-state index in [1.54, 1.807) is 19.1 Å². The molecule has 4 rings (SSSR count). The van der Waals surface area contributed by atoms with Crippen molar-refractivity contribution in [3.05, 3.63) is 53.1 Å². The van der Waals surface area contributed by atoms with Crippen molar-refractivity contribution >= 4 is 17.0 Å². The number of aryl methyl sites for hydroxylation is 1. The minimum Gasteiger partial charge on any atom is -0.482 e. The Hall–Kier alpha value is -2.97. The van der Waals surface area contributed by atoms with Crippen molar-refractivity contribution < 1.29 is 24.0 Å². The zero-order valence-electron chi connectivity index (χ0n) is 16.8. The van der Waals surface area contributed by atoms with Crippen LogP contribution in [-0.4, -0.2) is 47.2 Å². The summed E-state index contributed by atoms with van der Waals surface area (Å²) < 4.78 is 15.2. The Morgan fingerprint density at radius 1 is 1.23 bits per heavy atom. The van der Waals surface area contributed by atoms with Crippen molar-refractivity contribution in [2.75, 3.05) is 19.8 Å². The Kier molecular flexibility index (Phi) is 6.25. The molecule has 0 radical (unpaired) electrons. The summed E-state index contributed by atoms with van der Waals surface area (Å²) in [5.74, 6) is 0.292. The van der Waals surface area contributed by atoms with Gasteiger partial charge in [0.2, 0.25) is 0 Å². The fourth-order valence-electron chi connectivity index (χ4n) is 3.74. The number of esters is 1. The number of fused-ring (bicyclic) bond motifs is 2. The molecule has 0 fully saturated rings. The average molecular weight is 411 g/mol. The van der Waals surface area contributed by atoms with Crippen LogP contribution in [0.5, 0.6) is 5.75 Å². The number of ether oxygens (including phenoxy) is 2. The smallest absolute Gasteiger partial charge is 0.344 e. The third-order valence-electron chi connectivity index (χ3n) is 5.33. The van der Waals surface area contributed by atoms with E-state index in [9.17, 15) is 9.90 Å². The van der Waals surface area contributed by atoms with Crippen LogP contribution in [0.3, 0.4) is 0 Å². The van der Waals surface area contributed by atoms with E-state index >= 15 is 0 Å². The standard InChI is InChI=1S/C22H25N3O5/c1-2-28-22(27)13-29-18-7-4-14-3-6-17(9-16(14)10-18)23-12-21(26)15-5-8-19-20(11-15)25-30-24-19/h4-5,7-8,10-11,17,21,23,26H,2-3,6,9,12-13H2,1H3/t17-,21+/m0/s1. The Morgan fingerprint density at radius 3 is 2.97 bits per heavy atom. The number of aromatic nitrogens is 2. The van der Waals surface area contributed by atoms with Gasteiger partial charge in [-0.25, -0.2) is 9.42 Å².